The summed E-state index contributed by atoms with van der Waals surface area (Å²) in [5.74, 6) is -0.429. The van der Waals surface area contributed by atoms with E-state index in [-0.39, 0.29) is 10.9 Å². The molecule has 2 heterocycles. The van der Waals surface area contributed by atoms with Crippen molar-refractivity contribution in [3.63, 3.8) is 0 Å². The molecule has 2 aromatic rings. The fourth-order valence-corrected chi connectivity index (χ4v) is 5.94. The van der Waals surface area contributed by atoms with Crippen LogP contribution in [0.1, 0.15) is 54.5 Å². The Hall–Kier alpha value is -2.57. The second kappa shape index (κ2) is 9.12. The van der Waals surface area contributed by atoms with Gasteiger partial charge in [-0.05, 0) is 49.1 Å². The number of benzene rings is 1. The van der Waals surface area contributed by atoms with Gasteiger partial charge in [0.15, 0.2) is 0 Å². The molecule has 1 aromatic carbocycles. The van der Waals surface area contributed by atoms with Gasteiger partial charge in [0.2, 0.25) is 10.0 Å². The molecule has 32 heavy (non-hydrogen) atoms. The van der Waals surface area contributed by atoms with E-state index in [2.05, 4.69) is 22.0 Å². The molecular formula is C23H26F2N4O2S. The van der Waals surface area contributed by atoms with Crippen molar-refractivity contribution in [2.24, 2.45) is 0 Å². The molecule has 1 N–H and O–H groups in total. The molecule has 1 saturated carbocycles. The Labute approximate surface area is 187 Å². The summed E-state index contributed by atoms with van der Waals surface area (Å²) in [6, 6.07) is 10.1. The lowest BCUT2D eigenvalue weighted by molar-refractivity contribution is 0.334. The highest BCUT2D eigenvalue weighted by atomic mass is 32.2. The van der Waals surface area contributed by atoms with E-state index in [1.807, 2.05) is 23.8 Å². The maximum atomic E-state index is 12.8. The van der Waals surface area contributed by atoms with Crippen LogP contribution < -0.4 is 9.62 Å². The summed E-state index contributed by atoms with van der Waals surface area (Å²) < 4.78 is 52.5. The number of sulfonamides is 1. The number of fused-ring (bicyclic) bond motifs is 1. The number of rotatable bonds is 7. The highest BCUT2D eigenvalue weighted by Gasteiger charge is 2.44. The van der Waals surface area contributed by atoms with Crippen molar-refractivity contribution in [3.8, 4) is 6.07 Å². The quantitative estimate of drug-likeness (QED) is 0.673. The summed E-state index contributed by atoms with van der Waals surface area (Å²) in [7, 11) is -4.10. The van der Waals surface area contributed by atoms with Gasteiger partial charge in [0, 0.05) is 17.9 Å². The number of hydrogen-bond donors (Lipinski definition) is 1. The summed E-state index contributed by atoms with van der Waals surface area (Å²) in [5.41, 5.74) is 3.72. The third-order valence-corrected chi connectivity index (χ3v) is 7.84. The van der Waals surface area contributed by atoms with Crippen LogP contribution >= 0.6 is 0 Å². The fourth-order valence-electron chi connectivity index (χ4n) is 4.80. The Morgan fingerprint density at radius 3 is 2.53 bits per heavy atom. The van der Waals surface area contributed by atoms with E-state index in [0.717, 1.165) is 42.5 Å². The summed E-state index contributed by atoms with van der Waals surface area (Å²) in [5, 5.41) is 10.0. The maximum absolute atomic E-state index is 12.8. The maximum Gasteiger partial charge on any atom is 0.242 e. The first-order chi connectivity index (χ1) is 15.4. The molecule has 9 heteroatoms. The first-order valence-corrected chi connectivity index (χ1v) is 12.3. The first kappa shape index (κ1) is 22.6. The number of halogens is 2. The third kappa shape index (κ3) is 4.09. The van der Waals surface area contributed by atoms with Crippen molar-refractivity contribution < 1.29 is 17.2 Å². The minimum atomic E-state index is -4.10. The van der Waals surface area contributed by atoms with Crippen LogP contribution in [-0.2, 0) is 10.0 Å². The lowest BCUT2D eigenvalue weighted by Crippen LogP contribution is -2.38. The van der Waals surface area contributed by atoms with Crippen LogP contribution in [0, 0.1) is 18.3 Å². The molecule has 0 radical (unpaired) electrons. The topological polar surface area (TPSA) is 86.1 Å². The molecule has 4 rings (SSSR count). The van der Waals surface area contributed by atoms with Gasteiger partial charge in [-0.1, -0.05) is 25.0 Å². The highest BCUT2D eigenvalue weighted by molar-refractivity contribution is 7.89. The average molecular weight is 461 g/mol. The lowest BCUT2D eigenvalue weighted by atomic mass is 9.93. The minimum absolute atomic E-state index is 0.166. The molecule has 2 atom stereocenters. The van der Waals surface area contributed by atoms with Gasteiger partial charge in [0.25, 0.3) is 0 Å². The fraction of sp³-hybridized carbons (Fsp3) is 0.478. The number of nitrogens with zero attached hydrogens (tertiary/aromatic N) is 3. The van der Waals surface area contributed by atoms with Gasteiger partial charge < -0.3 is 4.90 Å². The summed E-state index contributed by atoms with van der Waals surface area (Å²) >= 11 is 0. The first-order valence-electron chi connectivity index (χ1n) is 10.8. The Kier molecular flexibility index (Phi) is 6.45. The average Bonchev–Trinajstić information content (AvgIpc) is 3.42. The molecule has 0 spiro atoms. The number of pyridine rings is 1. The number of nitrogens with one attached hydrogen (secondary N) is 1. The van der Waals surface area contributed by atoms with Gasteiger partial charge in [-0.15, -0.1) is 0 Å². The number of hydrogen-bond acceptors (Lipinski definition) is 5. The second-order valence-corrected chi connectivity index (χ2v) is 10.2. The van der Waals surface area contributed by atoms with Crippen LogP contribution in [0.4, 0.5) is 14.5 Å². The van der Waals surface area contributed by atoms with Gasteiger partial charge in [-0.25, -0.2) is 21.9 Å². The summed E-state index contributed by atoms with van der Waals surface area (Å²) in [4.78, 5) is 6.54. The Morgan fingerprint density at radius 1 is 1.22 bits per heavy atom. The van der Waals surface area contributed by atoms with E-state index < -0.39 is 35.3 Å². The van der Waals surface area contributed by atoms with E-state index in [9.17, 15) is 22.5 Å². The third-order valence-electron chi connectivity index (χ3n) is 6.34. The van der Waals surface area contributed by atoms with Gasteiger partial charge in [0.05, 0.1) is 29.8 Å². The molecule has 0 saturated heterocycles. The molecule has 0 bridgehead atoms. The molecule has 1 aliphatic heterocycles. The normalized spacial score (nSPS) is 21.2. The lowest BCUT2D eigenvalue weighted by Gasteiger charge is -2.34. The predicted molar refractivity (Wildman–Crippen MR) is 117 cm³/mol. The number of aromatic nitrogens is 1. The minimum Gasteiger partial charge on any atom is -0.358 e. The monoisotopic (exact) mass is 460 g/mol. The van der Waals surface area contributed by atoms with Gasteiger partial charge in [-0.2, -0.15) is 5.26 Å². The standard InChI is InChI=1S/C23H26F2N4O2S/c1-15-6-8-19-20(13-26)23(29(22(19)10-15)17-4-2-3-5-17)21-9-7-18(14-27-21)32(30,31)28-16(11-24)12-25/h6-10,14,16-17,20,23,28H,2-5,11-12H2,1H3. The van der Waals surface area contributed by atoms with Crippen molar-refractivity contribution in [2.45, 2.75) is 61.5 Å². The smallest absolute Gasteiger partial charge is 0.242 e. The van der Waals surface area contributed by atoms with Crippen LogP contribution in [0.3, 0.4) is 0 Å². The highest BCUT2D eigenvalue weighted by Crippen LogP contribution is 2.51. The largest absolute Gasteiger partial charge is 0.358 e. The SMILES string of the molecule is Cc1ccc2c(c1)N(C1CCCC1)C(c1ccc(S(=O)(=O)NC(CF)CF)cn1)C2C#N. The van der Waals surface area contributed by atoms with Crippen molar-refractivity contribution >= 4 is 15.7 Å². The number of alkyl halides is 2. The summed E-state index contributed by atoms with van der Waals surface area (Å²) in [6.07, 6.45) is 5.53. The molecule has 0 amide bonds. The van der Waals surface area contributed by atoms with E-state index in [1.165, 1.54) is 12.3 Å². The number of anilines is 1. The number of aryl methyl sites for hydroxylation is 1. The molecule has 2 unspecified atom stereocenters. The van der Waals surface area contributed by atoms with E-state index in [4.69, 9.17) is 0 Å². The molecular weight excluding hydrogens is 434 g/mol. The Bertz CT molecular complexity index is 1110. The van der Waals surface area contributed by atoms with Gasteiger partial charge in [0.1, 0.15) is 18.2 Å². The van der Waals surface area contributed by atoms with Gasteiger partial charge >= 0.3 is 0 Å². The molecule has 2 aliphatic rings. The van der Waals surface area contributed by atoms with Crippen LogP contribution in [0.2, 0.25) is 0 Å². The van der Waals surface area contributed by atoms with Crippen molar-refractivity contribution in [2.75, 3.05) is 18.2 Å². The molecule has 6 nitrogen and oxygen atoms in total. The predicted octanol–water partition coefficient (Wildman–Crippen LogP) is 4.09. The van der Waals surface area contributed by atoms with Crippen molar-refractivity contribution in [1.82, 2.24) is 9.71 Å². The molecule has 1 aromatic heterocycles. The molecule has 170 valence electrons. The van der Waals surface area contributed by atoms with Crippen LogP contribution in [-0.4, -0.2) is 38.8 Å². The van der Waals surface area contributed by atoms with Crippen molar-refractivity contribution in [1.29, 1.82) is 5.26 Å². The van der Waals surface area contributed by atoms with E-state index in [1.54, 1.807) is 6.07 Å². The Balaban J connectivity index is 1.70. The van der Waals surface area contributed by atoms with Crippen LogP contribution in [0.25, 0.3) is 0 Å². The van der Waals surface area contributed by atoms with Crippen LogP contribution in [0.5, 0.6) is 0 Å². The molecule has 1 fully saturated rings. The van der Waals surface area contributed by atoms with E-state index in [0.29, 0.717) is 11.7 Å². The summed E-state index contributed by atoms with van der Waals surface area (Å²) in [6.45, 7) is -0.253. The molecule has 1 aliphatic carbocycles. The Morgan fingerprint density at radius 2 is 1.94 bits per heavy atom. The number of nitriles is 1. The zero-order valence-corrected chi connectivity index (χ0v) is 18.7. The van der Waals surface area contributed by atoms with E-state index >= 15 is 0 Å². The second-order valence-electron chi connectivity index (χ2n) is 8.51. The zero-order valence-electron chi connectivity index (χ0n) is 17.8. The van der Waals surface area contributed by atoms with Crippen LogP contribution in [0.15, 0.2) is 41.4 Å². The van der Waals surface area contributed by atoms with Crippen molar-refractivity contribution in [3.05, 3.63) is 53.3 Å². The van der Waals surface area contributed by atoms with Gasteiger partial charge in [-0.3, -0.25) is 4.98 Å². The zero-order chi connectivity index (χ0) is 22.9.